The van der Waals surface area contributed by atoms with E-state index in [9.17, 15) is 19.8 Å². The highest BCUT2D eigenvalue weighted by atomic mass is 19.1. The van der Waals surface area contributed by atoms with Gasteiger partial charge in [0.25, 0.3) is 5.91 Å². The second-order valence-corrected chi connectivity index (χ2v) is 26.1. The summed E-state index contributed by atoms with van der Waals surface area (Å²) in [6.45, 7) is 21.9. The first-order valence-electron chi connectivity index (χ1n) is 31.4. The molecule has 1 aliphatic carbocycles. The van der Waals surface area contributed by atoms with Gasteiger partial charge in [-0.15, -0.1) is 16.6 Å². The molecule has 0 radical (unpaired) electrons. The maximum Gasteiger partial charge on any atom is 0.410 e. The second kappa shape index (κ2) is 25.4. The van der Waals surface area contributed by atoms with Crippen LogP contribution in [0.1, 0.15) is 113 Å². The lowest BCUT2D eigenvalue weighted by Gasteiger charge is -2.42. The molecule has 2 amide bonds. The fourth-order valence-corrected chi connectivity index (χ4v) is 13.5. The molecule has 3 aromatic heterocycles. The van der Waals surface area contributed by atoms with Gasteiger partial charge in [0.1, 0.15) is 39.9 Å². The van der Waals surface area contributed by atoms with E-state index in [1.54, 1.807) is 22.9 Å². The Morgan fingerprint density at radius 1 is 0.865 bits per heavy atom. The third-order valence-electron chi connectivity index (χ3n) is 18.3. The third kappa shape index (κ3) is 13.0. The van der Waals surface area contributed by atoms with Crippen LogP contribution < -0.4 is 19.7 Å². The molecule has 4 aliphatic heterocycles. The summed E-state index contributed by atoms with van der Waals surface area (Å²) in [5, 5.41) is 34.9. The van der Waals surface area contributed by atoms with Gasteiger partial charge in [0.05, 0.1) is 29.6 Å². The number of phenolic OH excluding ortho intramolecular Hbond substituents is 2. The van der Waals surface area contributed by atoms with Crippen molar-refractivity contribution in [2.75, 3.05) is 97.4 Å². The second-order valence-electron chi connectivity index (χ2n) is 26.1. The zero-order chi connectivity index (χ0) is 62.3. The minimum absolute atomic E-state index is 0.00535. The number of benzene rings is 4. The summed E-state index contributed by atoms with van der Waals surface area (Å²) in [4.78, 5) is 53.2. The van der Waals surface area contributed by atoms with Crippen molar-refractivity contribution in [3.63, 3.8) is 0 Å². The van der Waals surface area contributed by atoms with Crippen molar-refractivity contribution in [3.05, 3.63) is 101 Å². The number of methoxy groups -OCH3 is 1. The minimum atomic E-state index is -0.637. The van der Waals surface area contributed by atoms with Crippen LogP contribution in [0.2, 0.25) is 0 Å². The fourth-order valence-electron chi connectivity index (χ4n) is 13.5. The summed E-state index contributed by atoms with van der Waals surface area (Å²) in [5.41, 5.74) is 3.33. The van der Waals surface area contributed by atoms with Crippen molar-refractivity contribution in [1.29, 1.82) is 0 Å². The number of halogens is 1. The zero-order valence-corrected chi connectivity index (χ0v) is 52.1. The number of carbonyl (C=O) groups is 2. The van der Waals surface area contributed by atoms with Gasteiger partial charge < -0.3 is 49.2 Å². The van der Waals surface area contributed by atoms with Gasteiger partial charge in [-0.05, 0) is 144 Å². The smallest absolute Gasteiger partial charge is 0.410 e. The van der Waals surface area contributed by atoms with E-state index in [-0.39, 0.29) is 76.8 Å². The van der Waals surface area contributed by atoms with Crippen LogP contribution in [0.3, 0.4) is 0 Å². The number of anilines is 1. The van der Waals surface area contributed by atoms with Crippen molar-refractivity contribution in [3.8, 4) is 63.9 Å². The number of likely N-dealkylation sites (tertiary alicyclic amines) is 1. The van der Waals surface area contributed by atoms with Crippen molar-refractivity contribution >= 4 is 39.5 Å². The van der Waals surface area contributed by atoms with Crippen molar-refractivity contribution in [1.82, 2.24) is 54.6 Å². The predicted octanol–water partition coefficient (Wildman–Crippen LogP) is 9.76. The number of hydrogen-bond acceptors (Lipinski definition) is 17. The van der Waals surface area contributed by atoms with E-state index in [0.717, 1.165) is 108 Å². The van der Waals surface area contributed by atoms with E-state index < -0.39 is 11.4 Å². The van der Waals surface area contributed by atoms with Gasteiger partial charge in [0, 0.05) is 112 Å². The van der Waals surface area contributed by atoms with E-state index >= 15 is 4.39 Å². The molecule has 3 N–H and O–H groups in total. The lowest BCUT2D eigenvalue weighted by molar-refractivity contribution is 0.0122. The van der Waals surface area contributed by atoms with Gasteiger partial charge in [-0.1, -0.05) is 44.0 Å². The van der Waals surface area contributed by atoms with E-state index in [1.807, 2.05) is 82.8 Å². The topological polar surface area (TPSA) is 209 Å². The molecule has 7 aromatic rings. The monoisotopic (exact) mass is 1210 g/mol. The van der Waals surface area contributed by atoms with Gasteiger partial charge in [0.15, 0.2) is 18.4 Å². The maximum atomic E-state index is 17.7. The summed E-state index contributed by atoms with van der Waals surface area (Å²) in [6, 6.07) is 20.1. The molecule has 12 rings (SSSR count). The molecule has 21 heteroatoms. The first kappa shape index (κ1) is 61.1. The number of carbonyl (C=O) groups excluding carboxylic acids is 2. The van der Waals surface area contributed by atoms with Crippen LogP contribution in [0.15, 0.2) is 72.9 Å². The molecule has 2 atom stereocenters. The highest BCUT2D eigenvalue weighted by molar-refractivity contribution is 6.03. The number of amides is 2. The SMILES string of the molecule is C#Cc1cccc2cc(OCOC)cc(-c3ncc4c(N5CC6CCC(C5)N6C(=O)OC(C)(C)C)nc(OCC5(CN6CCN(CC7CCN(Cc8ccc(-n9c(C(=O)NCC)nnc9-c9cc(C(C)C)c(O)cc9O)cc8)CC7)CC6)CC5)nc4c3F)c12. The number of aromatic nitrogens is 6. The minimum Gasteiger partial charge on any atom is -0.508 e. The molecule has 468 valence electrons. The molecule has 2 bridgehead atoms. The molecule has 5 aliphatic rings. The number of aromatic hydroxyl groups is 2. The van der Waals surface area contributed by atoms with Crippen LogP contribution in [0, 0.1) is 29.5 Å². The Bertz CT molecular complexity index is 3790. The van der Waals surface area contributed by atoms with Gasteiger partial charge in [-0.3, -0.25) is 24.1 Å². The Hall–Kier alpha value is -8.16. The molecule has 0 spiro atoms. The van der Waals surface area contributed by atoms with Crippen LogP contribution in [-0.2, 0) is 16.0 Å². The summed E-state index contributed by atoms with van der Waals surface area (Å²) < 4.78 is 43.0. The molecule has 7 heterocycles. The largest absolute Gasteiger partial charge is 0.508 e. The van der Waals surface area contributed by atoms with Crippen LogP contribution in [0.5, 0.6) is 23.3 Å². The normalized spacial score (nSPS) is 19.1. The van der Waals surface area contributed by atoms with Gasteiger partial charge in [-0.25, -0.2) is 9.18 Å². The average Bonchev–Trinajstić information content (AvgIpc) is 1.96. The number of phenols is 2. The van der Waals surface area contributed by atoms with Gasteiger partial charge >= 0.3 is 12.1 Å². The summed E-state index contributed by atoms with van der Waals surface area (Å²) in [6.07, 6.45) is 13.2. The highest BCUT2D eigenvalue weighted by Crippen LogP contribution is 2.48. The van der Waals surface area contributed by atoms with E-state index in [2.05, 4.69) is 53.2 Å². The number of terminal acetylenes is 1. The highest BCUT2D eigenvalue weighted by Gasteiger charge is 2.47. The Morgan fingerprint density at radius 3 is 2.27 bits per heavy atom. The predicted molar refractivity (Wildman–Crippen MR) is 338 cm³/mol. The maximum absolute atomic E-state index is 17.7. The summed E-state index contributed by atoms with van der Waals surface area (Å²) >= 11 is 0. The first-order valence-corrected chi connectivity index (χ1v) is 31.4. The number of nitrogens with one attached hydrogen (secondary N) is 1. The zero-order valence-electron chi connectivity index (χ0n) is 52.1. The van der Waals surface area contributed by atoms with Crippen LogP contribution in [0.25, 0.3) is 50.0 Å². The van der Waals surface area contributed by atoms with Crippen molar-refractivity contribution < 1.29 is 43.1 Å². The molecule has 5 fully saturated rings. The summed E-state index contributed by atoms with van der Waals surface area (Å²) in [5.74, 6) is 3.58. The first-order chi connectivity index (χ1) is 42.9. The molecule has 89 heavy (non-hydrogen) atoms. The Labute approximate surface area is 519 Å². The Kier molecular flexibility index (Phi) is 17.4. The Morgan fingerprint density at radius 2 is 1.60 bits per heavy atom. The molecular formula is C68H81FN12O8. The number of pyridine rings is 1. The van der Waals surface area contributed by atoms with Crippen molar-refractivity contribution in [2.45, 2.75) is 110 Å². The van der Waals surface area contributed by atoms with Crippen LogP contribution in [0.4, 0.5) is 15.0 Å². The number of ether oxygens (including phenoxy) is 4. The number of piperidine rings is 1. The number of fused-ring (bicyclic) bond motifs is 4. The van der Waals surface area contributed by atoms with Crippen LogP contribution >= 0.6 is 0 Å². The third-order valence-corrected chi connectivity index (χ3v) is 18.3. The standard InChI is InChI=1S/C68H81FN12O8/c1-9-45-12-11-13-46-30-50(88-41-86-8)31-53(57(45)46)59-58(69)60-54(34-71-59)61(79-37-48-18-19-49(38-79)80(48)66(85)89-67(5,6)7)73-65(72-60)87-40-68(22-23-68)39-78-28-26-77(27-29-78)36-44-20-24-76(25-21-44)35-43-14-16-47(17-15-43)81-62(74-75-63(81)64(84)70-10-2)52-32-51(42(3)4)55(82)33-56(52)83/h1,11-17,30-34,42,44,48-49,82-83H,10,18-29,35-41H2,2-8H3,(H,70,84). The van der Waals surface area contributed by atoms with Gasteiger partial charge in [-0.2, -0.15) is 9.97 Å². The fraction of sp³-hybridized carbons (Fsp3) is 0.485. The molecular weight excluding hydrogens is 1130 g/mol. The lowest BCUT2D eigenvalue weighted by atomic mass is 9.95. The van der Waals surface area contributed by atoms with Crippen molar-refractivity contribution in [2.24, 2.45) is 11.3 Å². The molecule has 1 saturated carbocycles. The average molecular weight is 1210 g/mol. The molecule has 2 unspecified atom stereocenters. The molecule has 20 nitrogen and oxygen atoms in total. The summed E-state index contributed by atoms with van der Waals surface area (Å²) in [7, 11) is 1.54. The van der Waals surface area contributed by atoms with E-state index in [4.69, 9.17) is 40.3 Å². The molecule has 4 saturated heterocycles. The Balaban J connectivity index is 0.688. The lowest BCUT2D eigenvalue weighted by Crippen LogP contribution is -2.57. The van der Waals surface area contributed by atoms with Crippen LogP contribution in [-0.4, -0.2) is 182 Å². The number of rotatable bonds is 19. The number of hydrogen-bond donors (Lipinski definition) is 3. The number of piperazine rings is 2. The number of nitrogens with zero attached hydrogens (tertiary/aromatic N) is 11. The molecule has 4 aromatic carbocycles. The quantitative estimate of drug-likeness (QED) is 0.0508. The van der Waals surface area contributed by atoms with E-state index in [0.29, 0.717) is 88.3 Å². The van der Waals surface area contributed by atoms with Gasteiger partial charge in [0.2, 0.25) is 5.82 Å². The van der Waals surface area contributed by atoms with E-state index in [1.165, 1.54) is 13.2 Å².